The number of rotatable bonds is 8. The van der Waals surface area contributed by atoms with E-state index in [0.717, 1.165) is 6.54 Å². The van der Waals surface area contributed by atoms with Gasteiger partial charge in [-0.05, 0) is 37.9 Å². The molecule has 1 aliphatic rings. The van der Waals surface area contributed by atoms with Crippen molar-refractivity contribution in [3.63, 3.8) is 0 Å². The van der Waals surface area contributed by atoms with E-state index in [-0.39, 0.29) is 0 Å². The summed E-state index contributed by atoms with van der Waals surface area (Å²) in [5, 5.41) is 0. The van der Waals surface area contributed by atoms with Crippen LogP contribution in [0.2, 0.25) is 0 Å². The van der Waals surface area contributed by atoms with E-state index in [1.807, 2.05) is 24.7 Å². The van der Waals surface area contributed by atoms with Crippen molar-refractivity contribution >= 4 is 0 Å². The predicted molar refractivity (Wildman–Crippen MR) is 88.5 cm³/mol. The maximum atomic E-state index is 4.58. The Labute approximate surface area is 133 Å². The van der Waals surface area contributed by atoms with E-state index in [0.29, 0.717) is 12.1 Å². The first-order valence-corrected chi connectivity index (χ1v) is 8.41. The summed E-state index contributed by atoms with van der Waals surface area (Å²) in [6, 6.07) is 5.33. The Morgan fingerprint density at radius 2 is 2.23 bits per heavy atom. The lowest BCUT2D eigenvalue weighted by molar-refractivity contribution is 0.212. The molecular formula is C18H26N4. The van der Waals surface area contributed by atoms with Gasteiger partial charge in [-0.1, -0.05) is 25.8 Å². The van der Waals surface area contributed by atoms with Crippen LogP contribution in [0.4, 0.5) is 0 Å². The summed E-state index contributed by atoms with van der Waals surface area (Å²) in [6.45, 7) is 3.15. The van der Waals surface area contributed by atoms with Crippen LogP contribution in [0.15, 0.2) is 36.9 Å². The zero-order chi connectivity index (χ0) is 15.4. The minimum Gasteiger partial charge on any atom is -0.331 e. The average molecular weight is 298 g/mol. The number of pyridine rings is 1. The number of aromatic nitrogens is 3. The standard InChI is InChI=1S/C18H26N4/c1-3-4-7-17(15-6-5-10-19-13-15)21(2)14-18-20-11-12-22(18)16-8-9-16/h5-6,10-13,16-17H,3-4,7-9,14H2,1-2H3. The molecule has 0 spiro atoms. The largest absolute Gasteiger partial charge is 0.331 e. The molecule has 1 aliphatic carbocycles. The molecule has 3 rings (SSSR count). The van der Waals surface area contributed by atoms with Gasteiger partial charge in [0.2, 0.25) is 0 Å². The minimum atomic E-state index is 0.415. The van der Waals surface area contributed by atoms with Gasteiger partial charge in [-0.25, -0.2) is 4.98 Å². The molecule has 118 valence electrons. The first kappa shape index (κ1) is 15.2. The first-order chi connectivity index (χ1) is 10.8. The van der Waals surface area contributed by atoms with Gasteiger partial charge in [-0.2, -0.15) is 0 Å². The third-order valence-corrected chi connectivity index (χ3v) is 4.51. The highest BCUT2D eigenvalue weighted by molar-refractivity contribution is 5.14. The fraction of sp³-hybridized carbons (Fsp3) is 0.556. The zero-order valence-electron chi connectivity index (χ0n) is 13.7. The topological polar surface area (TPSA) is 34.0 Å². The lowest BCUT2D eigenvalue weighted by Gasteiger charge is -2.28. The van der Waals surface area contributed by atoms with Crippen molar-refractivity contribution in [3.05, 3.63) is 48.3 Å². The highest BCUT2D eigenvalue weighted by Gasteiger charge is 2.26. The van der Waals surface area contributed by atoms with E-state index < -0.39 is 0 Å². The number of hydrogen-bond acceptors (Lipinski definition) is 3. The number of unbranched alkanes of at least 4 members (excludes halogenated alkanes) is 1. The summed E-state index contributed by atoms with van der Waals surface area (Å²) >= 11 is 0. The number of nitrogens with zero attached hydrogens (tertiary/aromatic N) is 4. The van der Waals surface area contributed by atoms with Crippen molar-refractivity contribution in [1.29, 1.82) is 0 Å². The van der Waals surface area contributed by atoms with Gasteiger partial charge in [-0.3, -0.25) is 9.88 Å². The van der Waals surface area contributed by atoms with E-state index in [1.165, 1.54) is 43.5 Å². The SMILES string of the molecule is CCCCC(c1cccnc1)N(C)Cc1nccn1C1CC1. The molecule has 2 heterocycles. The third kappa shape index (κ3) is 3.55. The summed E-state index contributed by atoms with van der Waals surface area (Å²) in [4.78, 5) is 11.3. The Kier molecular flexibility index (Phi) is 4.88. The Morgan fingerprint density at radius 3 is 2.91 bits per heavy atom. The normalized spacial score (nSPS) is 16.1. The molecule has 0 N–H and O–H groups in total. The van der Waals surface area contributed by atoms with Crippen LogP contribution in [0.3, 0.4) is 0 Å². The molecule has 0 radical (unpaired) electrons. The van der Waals surface area contributed by atoms with E-state index >= 15 is 0 Å². The summed E-state index contributed by atoms with van der Waals surface area (Å²) in [5.74, 6) is 1.19. The van der Waals surface area contributed by atoms with Crippen LogP contribution in [-0.4, -0.2) is 26.5 Å². The van der Waals surface area contributed by atoms with Crippen molar-refractivity contribution in [2.24, 2.45) is 0 Å². The lowest BCUT2D eigenvalue weighted by Crippen LogP contribution is -2.26. The van der Waals surface area contributed by atoms with E-state index in [1.54, 1.807) is 0 Å². The van der Waals surface area contributed by atoms with Crippen LogP contribution in [0.5, 0.6) is 0 Å². The van der Waals surface area contributed by atoms with Crippen molar-refractivity contribution in [3.8, 4) is 0 Å². The molecule has 22 heavy (non-hydrogen) atoms. The van der Waals surface area contributed by atoms with Crippen LogP contribution in [0.25, 0.3) is 0 Å². The van der Waals surface area contributed by atoms with Crippen LogP contribution in [0.1, 0.15) is 62.5 Å². The molecule has 4 nitrogen and oxygen atoms in total. The maximum absolute atomic E-state index is 4.58. The molecule has 0 bridgehead atoms. The van der Waals surface area contributed by atoms with Crippen LogP contribution in [0, 0.1) is 0 Å². The molecule has 0 aromatic carbocycles. The minimum absolute atomic E-state index is 0.415. The number of imidazole rings is 1. The number of hydrogen-bond donors (Lipinski definition) is 0. The summed E-state index contributed by atoms with van der Waals surface area (Å²) in [5.41, 5.74) is 1.31. The van der Waals surface area contributed by atoms with Crippen LogP contribution in [-0.2, 0) is 6.54 Å². The Hall–Kier alpha value is -1.68. The Balaban J connectivity index is 1.73. The predicted octanol–water partition coefficient (Wildman–Crippen LogP) is 3.98. The molecule has 1 fully saturated rings. The van der Waals surface area contributed by atoms with Gasteiger partial charge in [-0.15, -0.1) is 0 Å². The fourth-order valence-corrected chi connectivity index (χ4v) is 3.10. The van der Waals surface area contributed by atoms with Gasteiger partial charge in [0.15, 0.2) is 0 Å². The van der Waals surface area contributed by atoms with Gasteiger partial charge in [0.25, 0.3) is 0 Å². The second-order valence-corrected chi connectivity index (χ2v) is 6.34. The van der Waals surface area contributed by atoms with Crippen LogP contribution < -0.4 is 0 Å². The monoisotopic (exact) mass is 298 g/mol. The van der Waals surface area contributed by atoms with Crippen molar-refractivity contribution in [2.75, 3.05) is 7.05 Å². The van der Waals surface area contributed by atoms with Gasteiger partial charge >= 0.3 is 0 Å². The molecule has 0 saturated heterocycles. The molecule has 0 aliphatic heterocycles. The van der Waals surface area contributed by atoms with Crippen LogP contribution >= 0.6 is 0 Å². The Bertz CT molecular complexity index is 574. The van der Waals surface area contributed by atoms with E-state index in [2.05, 4.69) is 45.7 Å². The average Bonchev–Trinajstić information content (AvgIpc) is 3.29. The molecule has 1 saturated carbocycles. The molecule has 2 aromatic rings. The molecule has 4 heteroatoms. The Morgan fingerprint density at radius 1 is 1.36 bits per heavy atom. The zero-order valence-corrected chi connectivity index (χ0v) is 13.7. The van der Waals surface area contributed by atoms with E-state index in [4.69, 9.17) is 0 Å². The second kappa shape index (κ2) is 7.05. The fourth-order valence-electron chi connectivity index (χ4n) is 3.10. The highest BCUT2D eigenvalue weighted by Crippen LogP contribution is 2.36. The van der Waals surface area contributed by atoms with Gasteiger partial charge in [0, 0.05) is 36.9 Å². The second-order valence-electron chi connectivity index (χ2n) is 6.34. The summed E-state index contributed by atoms with van der Waals surface area (Å²) < 4.78 is 2.36. The molecule has 1 unspecified atom stereocenters. The highest BCUT2D eigenvalue weighted by atomic mass is 15.2. The first-order valence-electron chi connectivity index (χ1n) is 8.41. The molecule has 2 aromatic heterocycles. The van der Waals surface area contributed by atoms with Crippen molar-refractivity contribution in [1.82, 2.24) is 19.4 Å². The third-order valence-electron chi connectivity index (χ3n) is 4.51. The molecular weight excluding hydrogens is 272 g/mol. The van der Waals surface area contributed by atoms with Gasteiger partial charge in [0.1, 0.15) is 5.82 Å². The quantitative estimate of drug-likeness (QED) is 0.739. The van der Waals surface area contributed by atoms with Gasteiger partial charge in [0.05, 0.1) is 6.54 Å². The molecule has 0 amide bonds. The van der Waals surface area contributed by atoms with Crippen molar-refractivity contribution < 1.29 is 0 Å². The maximum Gasteiger partial charge on any atom is 0.123 e. The smallest absolute Gasteiger partial charge is 0.123 e. The van der Waals surface area contributed by atoms with Crippen molar-refractivity contribution in [2.45, 2.75) is 57.7 Å². The van der Waals surface area contributed by atoms with E-state index in [9.17, 15) is 0 Å². The van der Waals surface area contributed by atoms with Gasteiger partial charge < -0.3 is 4.57 Å². The lowest BCUT2D eigenvalue weighted by atomic mass is 10.0. The summed E-state index contributed by atoms with van der Waals surface area (Å²) in [6.07, 6.45) is 14.2. The summed E-state index contributed by atoms with van der Waals surface area (Å²) in [7, 11) is 2.21. The molecule has 1 atom stereocenters.